The molecule has 158 valence electrons. The van der Waals surface area contributed by atoms with Crippen LogP contribution in [0.1, 0.15) is 63.6 Å². The summed E-state index contributed by atoms with van der Waals surface area (Å²) in [6.07, 6.45) is 16.7. The van der Waals surface area contributed by atoms with E-state index in [1.165, 1.54) is 19.1 Å². The van der Waals surface area contributed by atoms with Gasteiger partial charge in [0.15, 0.2) is 0 Å². The summed E-state index contributed by atoms with van der Waals surface area (Å²) in [4.78, 5) is 0. The molecule has 0 amide bonds. The minimum atomic E-state index is -3.35. The maximum absolute atomic E-state index is 12.0. The number of hydrogen-bond donors (Lipinski definition) is 1. The molecule has 1 aromatic heterocycles. The zero-order chi connectivity index (χ0) is 20.8. The number of aromatic nitrogens is 2. The van der Waals surface area contributed by atoms with Crippen molar-refractivity contribution in [3.05, 3.63) is 17.5 Å². The molecule has 3 fully saturated rings. The van der Waals surface area contributed by atoms with E-state index in [2.05, 4.69) is 24.9 Å². The highest BCUT2D eigenvalue weighted by Crippen LogP contribution is 2.67. The van der Waals surface area contributed by atoms with Gasteiger partial charge >= 0.3 is 0 Å². The molecule has 0 spiro atoms. The van der Waals surface area contributed by atoms with Gasteiger partial charge in [-0.1, -0.05) is 19.8 Å². The summed E-state index contributed by atoms with van der Waals surface area (Å²) >= 11 is 0. The van der Waals surface area contributed by atoms with Gasteiger partial charge in [0, 0.05) is 11.6 Å². The first-order valence-electron chi connectivity index (χ1n) is 11.0. The molecule has 0 unspecified atom stereocenters. The van der Waals surface area contributed by atoms with E-state index in [1.54, 1.807) is 6.20 Å². The van der Waals surface area contributed by atoms with Crippen molar-refractivity contribution in [2.24, 2.45) is 34.5 Å². The average molecular weight is 417 g/mol. The van der Waals surface area contributed by atoms with Crippen LogP contribution < -0.4 is 0 Å². The van der Waals surface area contributed by atoms with Gasteiger partial charge in [-0.2, -0.15) is 9.19 Å². The second-order valence-corrected chi connectivity index (χ2v) is 12.6. The molecular formula is C23H32N2O3S. The smallest absolute Gasteiger partial charge is 0.250 e. The first-order valence-corrected chi connectivity index (χ1v) is 12.8. The zero-order valence-electron chi connectivity index (χ0n) is 17.7. The number of aliphatic hydroxyl groups is 1. The fourth-order valence-corrected chi connectivity index (χ4v) is 8.50. The molecule has 4 aliphatic rings. The Morgan fingerprint density at radius 3 is 2.62 bits per heavy atom. The van der Waals surface area contributed by atoms with Crippen LogP contribution in [-0.4, -0.2) is 34.6 Å². The van der Waals surface area contributed by atoms with E-state index in [0.29, 0.717) is 23.7 Å². The van der Waals surface area contributed by atoms with E-state index in [0.717, 1.165) is 53.9 Å². The molecule has 1 aromatic rings. The predicted molar refractivity (Wildman–Crippen MR) is 112 cm³/mol. The Morgan fingerprint density at radius 1 is 1.21 bits per heavy atom. The van der Waals surface area contributed by atoms with Crippen LogP contribution in [0, 0.1) is 46.8 Å². The molecule has 5 nitrogen and oxygen atoms in total. The quantitative estimate of drug-likeness (QED) is 0.715. The molecule has 1 N–H and O–H groups in total. The second kappa shape index (κ2) is 5.88. The lowest BCUT2D eigenvalue weighted by molar-refractivity contribution is -0.127. The first-order chi connectivity index (χ1) is 13.5. The molecule has 0 saturated heterocycles. The van der Waals surface area contributed by atoms with Crippen LogP contribution in [0.5, 0.6) is 0 Å². The van der Waals surface area contributed by atoms with E-state index in [4.69, 9.17) is 6.42 Å². The van der Waals surface area contributed by atoms with Gasteiger partial charge in [0.05, 0.1) is 11.9 Å². The van der Waals surface area contributed by atoms with E-state index in [-0.39, 0.29) is 10.8 Å². The molecule has 0 aromatic carbocycles. The van der Waals surface area contributed by atoms with Gasteiger partial charge in [-0.3, -0.25) is 0 Å². The third-order valence-electron chi connectivity index (χ3n) is 9.67. The van der Waals surface area contributed by atoms with Crippen LogP contribution in [0.25, 0.3) is 0 Å². The summed E-state index contributed by atoms with van der Waals surface area (Å²) in [5, 5.41) is 15.6. The van der Waals surface area contributed by atoms with Crippen LogP contribution in [0.2, 0.25) is 0 Å². The van der Waals surface area contributed by atoms with Crippen molar-refractivity contribution >= 4 is 10.0 Å². The predicted octanol–water partition coefficient (Wildman–Crippen LogP) is 3.01. The van der Waals surface area contributed by atoms with Crippen LogP contribution in [-0.2, 0) is 22.9 Å². The highest BCUT2D eigenvalue weighted by Gasteiger charge is 2.64. The van der Waals surface area contributed by atoms with Gasteiger partial charge in [-0.05, 0) is 86.0 Å². The molecule has 0 bridgehead atoms. The highest BCUT2D eigenvalue weighted by atomic mass is 32.2. The summed E-state index contributed by atoms with van der Waals surface area (Å²) in [6.45, 7) is 4.64. The lowest BCUT2D eigenvalue weighted by Crippen LogP contribution is -2.56. The van der Waals surface area contributed by atoms with Crippen LogP contribution in [0.15, 0.2) is 6.20 Å². The maximum Gasteiger partial charge on any atom is 0.250 e. The molecule has 0 aliphatic heterocycles. The van der Waals surface area contributed by atoms with Gasteiger partial charge < -0.3 is 5.11 Å². The fourth-order valence-electron chi connectivity index (χ4n) is 7.93. The zero-order valence-corrected chi connectivity index (χ0v) is 18.5. The van der Waals surface area contributed by atoms with Gasteiger partial charge in [0.25, 0.3) is 10.0 Å². The number of fused-ring (bicyclic) bond motifs is 6. The topological polar surface area (TPSA) is 72.2 Å². The van der Waals surface area contributed by atoms with Crippen molar-refractivity contribution in [2.75, 3.05) is 6.26 Å². The van der Waals surface area contributed by atoms with Gasteiger partial charge in [0.2, 0.25) is 0 Å². The van der Waals surface area contributed by atoms with E-state index in [9.17, 15) is 13.5 Å². The fraction of sp³-hybridized carbons (Fsp3) is 0.783. The Kier molecular flexibility index (Phi) is 3.98. The summed E-state index contributed by atoms with van der Waals surface area (Å²) in [7, 11) is -3.35. The Morgan fingerprint density at radius 2 is 1.93 bits per heavy atom. The molecule has 5 rings (SSSR count). The molecule has 0 radical (unpaired) electrons. The number of terminal acetylenes is 1. The second-order valence-electron chi connectivity index (χ2n) is 10.8. The summed E-state index contributed by atoms with van der Waals surface area (Å²) in [6, 6.07) is 0. The molecule has 7 atom stereocenters. The van der Waals surface area contributed by atoms with Crippen molar-refractivity contribution in [2.45, 2.75) is 70.8 Å². The summed E-state index contributed by atoms with van der Waals surface area (Å²) in [5.41, 5.74) is 1.08. The van der Waals surface area contributed by atoms with Gasteiger partial charge in [-0.15, -0.1) is 6.42 Å². The van der Waals surface area contributed by atoms with Crippen molar-refractivity contribution in [3.8, 4) is 12.3 Å². The average Bonchev–Trinajstić information content (AvgIpc) is 3.18. The van der Waals surface area contributed by atoms with Crippen molar-refractivity contribution in [1.29, 1.82) is 0 Å². The lowest BCUT2D eigenvalue weighted by Gasteiger charge is -2.60. The molecule has 3 saturated carbocycles. The Bertz CT molecular complexity index is 1010. The number of hydrogen-bond acceptors (Lipinski definition) is 4. The molecular weight excluding hydrogens is 384 g/mol. The third kappa shape index (κ3) is 2.50. The van der Waals surface area contributed by atoms with Crippen molar-refractivity contribution in [3.63, 3.8) is 0 Å². The Labute approximate surface area is 174 Å². The number of rotatable bonds is 1. The molecule has 6 heteroatoms. The SMILES string of the molecule is C#C[C@]1(O)CC[C@H]2[C@@H]3CC[C@H]4Cc5cn(S(C)(=O)=O)nc5C[C@]4(C)[C@H]3CC[C@@]21C. The first kappa shape index (κ1) is 19.6. The van der Waals surface area contributed by atoms with E-state index in [1.807, 2.05) is 0 Å². The normalized spacial score (nSPS) is 46.2. The Hall–Kier alpha value is -1.32. The third-order valence-corrected chi connectivity index (χ3v) is 10.5. The molecule has 4 aliphatic carbocycles. The van der Waals surface area contributed by atoms with Gasteiger partial charge in [0.1, 0.15) is 5.60 Å². The van der Waals surface area contributed by atoms with Crippen LogP contribution in [0.4, 0.5) is 0 Å². The monoisotopic (exact) mass is 416 g/mol. The van der Waals surface area contributed by atoms with Crippen LogP contribution in [0.3, 0.4) is 0 Å². The Balaban J connectivity index is 1.49. The van der Waals surface area contributed by atoms with Crippen LogP contribution >= 0.6 is 0 Å². The molecule has 1 heterocycles. The standard InChI is InChI=1S/C23H32N2O3S/c1-5-23(26)11-9-19-17-7-6-16-12-15-14-25(29(4,27)28)24-20(15)13-21(16,2)18(17)8-10-22(19,23)3/h1,14,16-19,26H,6-13H2,2-4H3/t16-,17+,18-,19-,21-,22-,23-/m0/s1. The maximum atomic E-state index is 12.0. The van der Waals surface area contributed by atoms with E-state index < -0.39 is 15.6 Å². The van der Waals surface area contributed by atoms with E-state index >= 15 is 0 Å². The largest absolute Gasteiger partial charge is 0.377 e. The number of nitrogens with zero attached hydrogens (tertiary/aromatic N) is 2. The summed E-state index contributed by atoms with van der Waals surface area (Å²) < 4.78 is 25.1. The minimum absolute atomic E-state index is 0.144. The van der Waals surface area contributed by atoms with Crippen molar-refractivity contribution < 1.29 is 13.5 Å². The van der Waals surface area contributed by atoms with Gasteiger partial charge in [-0.25, -0.2) is 8.42 Å². The van der Waals surface area contributed by atoms with Crippen molar-refractivity contribution in [1.82, 2.24) is 9.19 Å². The lowest BCUT2D eigenvalue weighted by atomic mass is 9.44. The summed E-state index contributed by atoms with van der Waals surface area (Å²) in [5.74, 6) is 5.00. The minimum Gasteiger partial charge on any atom is -0.377 e. The highest BCUT2D eigenvalue weighted by molar-refractivity contribution is 7.89. The molecule has 29 heavy (non-hydrogen) atoms.